The molecule has 0 unspecified atom stereocenters. The van der Waals surface area contributed by atoms with E-state index in [0.717, 1.165) is 18.2 Å². The number of ether oxygens (including phenoxy) is 2. The van der Waals surface area contributed by atoms with Gasteiger partial charge in [-0.3, -0.25) is 10.1 Å². The summed E-state index contributed by atoms with van der Waals surface area (Å²) in [6, 6.07) is 8.63. The number of carbonyl (C=O) groups is 1. The minimum Gasteiger partial charge on any atom is -0.497 e. The second kappa shape index (κ2) is 7.59. The van der Waals surface area contributed by atoms with Gasteiger partial charge in [0.2, 0.25) is 0 Å². The zero-order valence-corrected chi connectivity index (χ0v) is 14.7. The average molecular weight is 393 g/mol. The van der Waals surface area contributed by atoms with Crippen molar-refractivity contribution < 1.29 is 31.9 Å². The molecule has 0 saturated heterocycles. The van der Waals surface area contributed by atoms with E-state index >= 15 is 0 Å². The van der Waals surface area contributed by atoms with Gasteiger partial charge in [-0.2, -0.15) is 13.2 Å². The molecule has 0 bridgehead atoms. The maximum atomic E-state index is 12.8. The van der Waals surface area contributed by atoms with E-state index in [1.165, 1.54) is 20.3 Å². The van der Waals surface area contributed by atoms with Crippen LogP contribution in [0.15, 0.2) is 46.9 Å². The number of hydrogen-bond donors (Lipinski definition) is 1. The first-order valence-corrected chi connectivity index (χ1v) is 7.86. The van der Waals surface area contributed by atoms with Gasteiger partial charge in [-0.05, 0) is 36.4 Å². The van der Waals surface area contributed by atoms with Crippen molar-refractivity contribution in [1.29, 1.82) is 0 Å². The topological polar surface area (TPSA) is 86.5 Å². The Morgan fingerprint density at radius 3 is 2.54 bits per heavy atom. The van der Waals surface area contributed by atoms with Gasteiger partial charge in [0.1, 0.15) is 11.5 Å². The summed E-state index contributed by atoms with van der Waals surface area (Å²) < 4.78 is 54.1. The van der Waals surface area contributed by atoms with Crippen LogP contribution < -0.4 is 14.8 Å². The zero-order valence-electron chi connectivity index (χ0n) is 14.7. The van der Waals surface area contributed by atoms with Crippen LogP contribution in [-0.2, 0) is 6.18 Å². The molecule has 0 fully saturated rings. The van der Waals surface area contributed by atoms with E-state index in [0.29, 0.717) is 17.1 Å². The zero-order chi connectivity index (χ0) is 20.3. The molecule has 146 valence electrons. The van der Waals surface area contributed by atoms with Gasteiger partial charge in [0.25, 0.3) is 11.8 Å². The summed E-state index contributed by atoms with van der Waals surface area (Å²) in [5.74, 6) is 0.165. The van der Waals surface area contributed by atoms with Crippen molar-refractivity contribution in [3.63, 3.8) is 0 Å². The standard InChI is InChI=1S/C18H14F3N3O4/c1-26-12-6-7-14(27-2)13(9-12)16-23-24-17(28-16)22-15(25)10-4-3-5-11(8-10)18(19,20)21/h3-9H,1-2H3,(H,22,24,25). The molecule has 0 aliphatic heterocycles. The predicted molar refractivity (Wildman–Crippen MR) is 92.2 cm³/mol. The van der Waals surface area contributed by atoms with Crippen LogP contribution in [0.25, 0.3) is 11.5 Å². The van der Waals surface area contributed by atoms with Crippen molar-refractivity contribution in [3.8, 4) is 23.0 Å². The normalized spacial score (nSPS) is 11.2. The fourth-order valence-corrected chi connectivity index (χ4v) is 2.37. The lowest BCUT2D eigenvalue weighted by molar-refractivity contribution is -0.137. The van der Waals surface area contributed by atoms with E-state index in [-0.39, 0.29) is 17.5 Å². The van der Waals surface area contributed by atoms with E-state index in [9.17, 15) is 18.0 Å². The molecule has 7 nitrogen and oxygen atoms in total. The van der Waals surface area contributed by atoms with Crippen LogP contribution in [0.2, 0.25) is 0 Å². The van der Waals surface area contributed by atoms with Crippen LogP contribution in [0.4, 0.5) is 19.2 Å². The Labute approximate surface area is 157 Å². The van der Waals surface area contributed by atoms with Crippen LogP contribution in [0.1, 0.15) is 15.9 Å². The molecule has 3 rings (SSSR count). The lowest BCUT2D eigenvalue weighted by Crippen LogP contribution is -2.14. The van der Waals surface area contributed by atoms with Crippen LogP contribution in [0.5, 0.6) is 11.5 Å². The lowest BCUT2D eigenvalue weighted by Gasteiger charge is -2.08. The van der Waals surface area contributed by atoms with E-state index in [1.54, 1.807) is 18.2 Å². The van der Waals surface area contributed by atoms with Gasteiger partial charge in [0.15, 0.2) is 0 Å². The highest BCUT2D eigenvalue weighted by Crippen LogP contribution is 2.33. The monoisotopic (exact) mass is 393 g/mol. The Balaban J connectivity index is 1.83. The van der Waals surface area contributed by atoms with Gasteiger partial charge in [0, 0.05) is 5.56 Å². The Morgan fingerprint density at radius 1 is 1.07 bits per heavy atom. The summed E-state index contributed by atoms with van der Waals surface area (Å²) in [6.45, 7) is 0. The Hall–Kier alpha value is -3.56. The molecule has 3 aromatic rings. The Bertz CT molecular complexity index is 1000. The first kappa shape index (κ1) is 19.2. The van der Waals surface area contributed by atoms with Gasteiger partial charge >= 0.3 is 12.2 Å². The molecule has 1 heterocycles. The van der Waals surface area contributed by atoms with E-state index in [4.69, 9.17) is 13.9 Å². The SMILES string of the molecule is COc1ccc(OC)c(-c2nnc(NC(=O)c3cccc(C(F)(F)F)c3)o2)c1. The number of nitrogens with one attached hydrogen (secondary N) is 1. The average Bonchev–Trinajstić information content (AvgIpc) is 3.15. The number of halogens is 3. The van der Waals surface area contributed by atoms with Gasteiger partial charge in [-0.25, -0.2) is 0 Å². The number of rotatable bonds is 5. The van der Waals surface area contributed by atoms with Gasteiger partial charge in [-0.1, -0.05) is 11.2 Å². The van der Waals surface area contributed by atoms with E-state index in [1.807, 2.05) is 0 Å². The van der Waals surface area contributed by atoms with E-state index < -0.39 is 17.6 Å². The summed E-state index contributed by atoms with van der Waals surface area (Å²) in [5, 5.41) is 9.79. The molecule has 0 saturated carbocycles. The van der Waals surface area contributed by atoms with Gasteiger partial charge in [-0.15, -0.1) is 5.10 Å². The Morgan fingerprint density at radius 2 is 1.86 bits per heavy atom. The number of aromatic nitrogens is 2. The minimum atomic E-state index is -4.56. The maximum absolute atomic E-state index is 12.8. The second-order valence-electron chi connectivity index (χ2n) is 5.51. The summed E-state index contributed by atoms with van der Waals surface area (Å²) >= 11 is 0. The number of carbonyl (C=O) groups excluding carboxylic acids is 1. The third-order valence-electron chi connectivity index (χ3n) is 3.73. The molecule has 10 heteroatoms. The molecule has 2 aromatic carbocycles. The summed E-state index contributed by atoms with van der Waals surface area (Å²) in [4.78, 5) is 12.2. The molecule has 0 spiro atoms. The number of alkyl halides is 3. The summed E-state index contributed by atoms with van der Waals surface area (Å²) in [5.41, 5.74) is -0.713. The molecule has 1 N–H and O–H groups in total. The molecule has 1 aromatic heterocycles. The van der Waals surface area contributed by atoms with Crippen LogP contribution >= 0.6 is 0 Å². The summed E-state index contributed by atoms with van der Waals surface area (Å²) in [7, 11) is 2.94. The number of amides is 1. The lowest BCUT2D eigenvalue weighted by atomic mass is 10.1. The first-order chi connectivity index (χ1) is 13.3. The minimum absolute atomic E-state index is 0.0371. The number of anilines is 1. The van der Waals surface area contributed by atoms with Crippen LogP contribution in [0, 0.1) is 0 Å². The molecule has 0 radical (unpaired) electrons. The predicted octanol–water partition coefficient (Wildman–Crippen LogP) is 4.02. The second-order valence-corrected chi connectivity index (χ2v) is 5.51. The molecule has 28 heavy (non-hydrogen) atoms. The molecule has 0 atom stereocenters. The smallest absolute Gasteiger partial charge is 0.416 e. The van der Waals surface area contributed by atoms with Crippen molar-refractivity contribution in [2.24, 2.45) is 0 Å². The largest absolute Gasteiger partial charge is 0.497 e. The third-order valence-corrected chi connectivity index (χ3v) is 3.73. The van der Waals surface area contributed by atoms with Gasteiger partial charge < -0.3 is 13.9 Å². The summed E-state index contributed by atoms with van der Waals surface area (Å²) in [6.07, 6.45) is -4.56. The Kier molecular flexibility index (Phi) is 5.21. The van der Waals surface area contributed by atoms with Gasteiger partial charge in [0.05, 0.1) is 25.3 Å². The molecule has 0 aliphatic carbocycles. The highest BCUT2D eigenvalue weighted by atomic mass is 19.4. The number of methoxy groups -OCH3 is 2. The van der Waals surface area contributed by atoms with Crippen molar-refractivity contribution in [1.82, 2.24) is 10.2 Å². The van der Waals surface area contributed by atoms with Crippen LogP contribution in [-0.4, -0.2) is 30.3 Å². The fraction of sp³-hybridized carbons (Fsp3) is 0.167. The van der Waals surface area contributed by atoms with Crippen molar-refractivity contribution in [2.45, 2.75) is 6.18 Å². The highest BCUT2D eigenvalue weighted by Gasteiger charge is 2.31. The van der Waals surface area contributed by atoms with Crippen molar-refractivity contribution in [3.05, 3.63) is 53.6 Å². The maximum Gasteiger partial charge on any atom is 0.416 e. The molecule has 0 aliphatic rings. The van der Waals surface area contributed by atoms with Crippen molar-refractivity contribution >= 4 is 11.9 Å². The number of nitrogens with zero attached hydrogens (tertiary/aromatic N) is 2. The van der Waals surface area contributed by atoms with Crippen molar-refractivity contribution in [2.75, 3.05) is 19.5 Å². The quantitative estimate of drug-likeness (QED) is 0.705. The molecule has 1 amide bonds. The fourth-order valence-electron chi connectivity index (χ4n) is 2.37. The molecular weight excluding hydrogens is 379 g/mol. The molecular formula is C18H14F3N3O4. The third kappa shape index (κ3) is 4.05. The first-order valence-electron chi connectivity index (χ1n) is 7.86. The number of benzene rings is 2. The highest BCUT2D eigenvalue weighted by molar-refractivity contribution is 6.03. The number of hydrogen-bond acceptors (Lipinski definition) is 6. The van der Waals surface area contributed by atoms with Crippen LogP contribution in [0.3, 0.4) is 0 Å². The van der Waals surface area contributed by atoms with E-state index in [2.05, 4.69) is 15.5 Å².